The molecule has 0 aromatic heterocycles. The van der Waals surface area contributed by atoms with Crippen LogP contribution in [0.2, 0.25) is 0 Å². The van der Waals surface area contributed by atoms with Crippen LogP contribution >= 0.6 is 11.8 Å². The van der Waals surface area contributed by atoms with Gasteiger partial charge < -0.3 is 19.9 Å². The van der Waals surface area contributed by atoms with Gasteiger partial charge in [0.25, 0.3) is 0 Å². The molecular formula is C15H19NO4S. The zero-order chi connectivity index (χ0) is 14.8. The maximum Gasteiger partial charge on any atom is 0.307 e. The van der Waals surface area contributed by atoms with Crippen LogP contribution in [0.4, 0.5) is 0 Å². The van der Waals surface area contributed by atoms with Crippen molar-refractivity contribution >= 4 is 17.7 Å². The summed E-state index contributed by atoms with van der Waals surface area (Å²) in [5.74, 6) is 2.47. The minimum absolute atomic E-state index is 0.0632. The first-order chi connectivity index (χ1) is 10.2. The Morgan fingerprint density at radius 1 is 1.38 bits per heavy atom. The van der Waals surface area contributed by atoms with Crippen molar-refractivity contribution in [2.75, 3.05) is 25.2 Å². The topological polar surface area (TPSA) is 67.8 Å². The molecule has 0 aliphatic carbocycles. The van der Waals surface area contributed by atoms with Crippen LogP contribution in [0.15, 0.2) is 18.2 Å². The number of aliphatic carboxylic acids is 1. The Labute approximate surface area is 128 Å². The summed E-state index contributed by atoms with van der Waals surface area (Å²) in [7, 11) is 1.63. The van der Waals surface area contributed by atoms with Crippen molar-refractivity contribution in [3.8, 4) is 11.5 Å². The van der Waals surface area contributed by atoms with Crippen LogP contribution in [0.25, 0.3) is 0 Å². The molecule has 0 spiro atoms. The summed E-state index contributed by atoms with van der Waals surface area (Å²) >= 11 is 1.87. The molecule has 0 bridgehead atoms. The molecule has 2 saturated heterocycles. The van der Waals surface area contributed by atoms with Gasteiger partial charge in [-0.05, 0) is 24.1 Å². The summed E-state index contributed by atoms with van der Waals surface area (Å²) in [6.45, 7) is 0.514. The Bertz CT molecular complexity index is 532. The lowest BCUT2D eigenvalue weighted by atomic mass is 10.00. The zero-order valence-electron chi connectivity index (χ0n) is 11.9. The van der Waals surface area contributed by atoms with E-state index in [1.807, 2.05) is 30.0 Å². The highest BCUT2D eigenvalue weighted by Crippen LogP contribution is 2.36. The number of hydrogen-bond acceptors (Lipinski definition) is 5. The molecule has 2 N–H and O–H groups in total. The third-order valence-corrected chi connectivity index (χ3v) is 5.19. The molecule has 3 rings (SSSR count). The number of thioether (sulfide) groups is 1. The fourth-order valence-corrected chi connectivity index (χ4v) is 3.20. The predicted octanol–water partition coefficient (Wildman–Crippen LogP) is 1.92. The molecule has 0 amide bonds. The number of carbonyl (C=O) groups is 1. The highest BCUT2D eigenvalue weighted by atomic mass is 32.2. The second-order valence-corrected chi connectivity index (χ2v) is 6.49. The SMILES string of the molecule is COc1cc(C2CC(C(=O)O)CN2)ccc1OC1CSC1. The molecule has 21 heavy (non-hydrogen) atoms. The Morgan fingerprint density at radius 2 is 2.19 bits per heavy atom. The van der Waals surface area contributed by atoms with E-state index in [-0.39, 0.29) is 18.1 Å². The molecule has 2 aliphatic rings. The largest absolute Gasteiger partial charge is 0.493 e. The van der Waals surface area contributed by atoms with Gasteiger partial charge in [0.15, 0.2) is 11.5 Å². The average Bonchev–Trinajstić information content (AvgIpc) is 2.92. The molecule has 5 nitrogen and oxygen atoms in total. The summed E-state index contributed by atoms with van der Waals surface area (Å²) in [6.07, 6.45) is 0.883. The van der Waals surface area contributed by atoms with Crippen LogP contribution < -0.4 is 14.8 Å². The minimum atomic E-state index is -0.737. The highest BCUT2D eigenvalue weighted by Gasteiger charge is 2.30. The molecule has 2 aliphatic heterocycles. The summed E-state index contributed by atoms with van der Waals surface area (Å²) in [5, 5.41) is 12.3. The Hall–Kier alpha value is -1.40. The van der Waals surface area contributed by atoms with E-state index < -0.39 is 5.97 Å². The molecular weight excluding hydrogens is 290 g/mol. The van der Waals surface area contributed by atoms with Gasteiger partial charge in [-0.2, -0.15) is 11.8 Å². The number of carboxylic acid groups (broad SMARTS) is 1. The number of nitrogens with one attached hydrogen (secondary N) is 1. The van der Waals surface area contributed by atoms with Crippen LogP contribution in [0, 0.1) is 5.92 Å². The van der Waals surface area contributed by atoms with E-state index in [0.717, 1.165) is 22.8 Å². The Morgan fingerprint density at radius 3 is 2.76 bits per heavy atom. The van der Waals surface area contributed by atoms with Gasteiger partial charge in [-0.1, -0.05) is 6.07 Å². The van der Waals surface area contributed by atoms with Gasteiger partial charge in [-0.25, -0.2) is 0 Å². The molecule has 6 heteroatoms. The molecule has 0 radical (unpaired) electrons. The second kappa shape index (κ2) is 6.15. The van der Waals surface area contributed by atoms with E-state index in [4.69, 9.17) is 14.6 Å². The number of ether oxygens (including phenoxy) is 2. The standard InChI is InChI=1S/C15H19NO4S/c1-19-14-5-9(12-4-10(6-16-12)15(17)18)2-3-13(14)20-11-7-21-8-11/h2-3,5,10-12,16H,4,6-8H2,1H3,(H,17,18). The zero-order valence-corrected chi connectivity index (χ0v) is 12.7. The Kier molecular flexibility index (Phi) is 4.26. The first kappa shape index (κ1) is 14.5. The lowest BCUT2D eigenvalue weighted by Gasteiger charge is -2.27. The minimum Gasteiger partial charge on any atom is -0.493 e. The maximum absolute atomic E-state index is 11.0. The summed E-state index contributed by atoms with van der Waals surface area (Å²) in [5.41, 5.74) is 1.05. The van der Waals surface area contributed by atoms with Crippen LogP contribution in [0.5, 0.6) is 11.5 Å². The molecule has 2 fully saturated rings. The molecule has 2 atom stereocenters. The first-order valence-electron chi connectivity index (χ1n) is 7.06. The number of hydrogen-bond donors (Lipinski definition) is 2. The van der Waals surface area contributed by atoms with Crippen LogP contribution in [-0.2, 0) is 4.79 Å². The van der Waals surface area contributed by atoms with Gasteiger partial charge in [0, 0.05) is 24.1 Å². The normalized spacial score (nSPS) is 25.4. The number of benzene rings is 1. The number of methoxy groups -OCH3 is 1. The third-order valence-electron chi connectivity index (χ3n) is 3.97. The van der Waals surface area contributed by atoms with Crippen molar-refractivity contribution in [1.82, 2.24) is 5.32 Å². The van der Waals surface area contributed by atoms with E-state index >= 15 is 0 Å². The predicted molar refractivity (Wildman–Crippen MR) is 81.2 cm³/mol. The van der Waals surface area contributed by atoms with Crippen molar-refractivity contribution < 1.29 is 19.4 Å². The van der Waals surface area contributed by atoms with Gasteiger partial charge in [0.2, 0.25) is 0 Å². The number of rotatable bonds is 5. The monoisotopic (exact) mass is 309 g/mol. The molecule has 1 aromatic carbocycles. The van der Waals surface area contributed by atoms with Gasteiger partial charge in [-0.15, -0.1) is 0 Å². The van der Waals surface area contributed by atoms with Gasteiger partial charge in [-0.3, -0.25) is 4.79 Å². The second-order valence-electron chi connectivity index (χ2n) is 5.42. The maximum atomic E-state index is 11.0. The van der Waals surface area contributed by atoms with Crippen molar-refractivity contribution in [3.63, 3.8) is 0 Å². The molecule has 2 heterocycles. The van der Waals surface area contributed by atoms with Crippen LogP contribution in [0.1, 0.15) is 18.0 Å². The summed E-state index contributed by atoms with van der Waals surface area (Å²) in [4.78, 5) is 11.0. The van der Waals surface area contributed by atoms with Crippen LogP contribution in [0.3, 0.4) is 0 Å². The van der Waals surface area contributed by atoms with E-state index in [0.29, 0.717) is 18.7 Å². The average molecular weight is 309 g/mol. The van der Waals surface area contributed by atoms with Crippen molar-refractivity contribution in [3.05, 3.63) is 23.8 Å². The first-order valence-corrected chi connectivity index (χ1v) is 8.21. The van der Waals surface area contributed by atoms with Crippen molar-refractivity contribution in [2.45, 2.75) is 18.6 Å². The fourth-order valence-electron chi connectivity index (χ4n) is 2.64. The molecule has 0 saturated carbocycles. The van der Waals surface area contributed by atoms with Crippen molar-refractivity contribution in [2.24, 2.45) is 5.92 Å². The highest BCUT2D eigenvalue weighted by molar-refractivity contribution is 8.00. The van der Waals surface area contributed by atoms with Crippen molar-refractivity contribution in [1.29, 1.82) is 0 Å². The smallest absolute Gasteiger partial charge is 0.307 e. The summed E-state index contributed by atoms with van der Waals surface area (Å²) < 4.78 is 11.3. The number of carboxylic acids is 1. The van der Waals surface area contributed by atoms with E-state index in [2.05, 4.69) is 5.32 Å². The van der Waals surface area contributed by atoms with Gasteiger partial charge in [0.1, 0.15) is 6.10 Å². The Balaban J connectivity index is 1.73. The molecule has 114 valence electrons. The molecule has 1 aromatic rings. The van der Waals surface area contributed by atoms with E-state index in [9.17, 15) is 4.79 Å². The fraction of sp³-hybridized carbons (Fsp3) is 0.533. The third kappa shape index (κ3) is 3.11. The lowest BCUT2D eigenvalue weighted by Crippen LogP contribution is -2.31. The van der Waals surface area contributed by atoms with Crippen LogP contribution in [-0.4, -0.2) is 42.3 Å². The van der Waals surface area contributed by atoms with Gasteiger partial charge in [0.05, 0.1) is 13.0 Å². The molecule has 2 unspecified atom stereocenters. The van der Waals surface area contributed by atoms with E-state index in [1.54, 1.807) is 7.11 Å². The summed E-state index contributed by atoms with van der Waals surface area (Å²) in [6, 6.07) is 5.93. The quantitative estimate of drug-likeness (QED) is 0.866. The van der Waals surface area contributed by atoms with E-state index in [1.165, 1.54) is 0 Å². The lowest BCUT2D eigenvalue weighted by molar-refractivity contribution is -0.141. The van der Waals surface area contributed by atoms with Gasteiger partial charge >= 0.3 is 5.97 Å².